The van der Waals surface area contributed by atoms with Gasteiger partial charge < -0.3 is 19.3 Å². The summed E-state index contributed by atoms with van der Waals surface area (Å²) in [5, 5.41) is 0.645. The van der Waals surface area contributed by atoms with Gasteiger partial charge in [0, 0.05) is 47.5 Å². The summed E-state index contributed by atoms with van der Waals surface area (Å²) in [5.74, 6) is 0.878. The molecule has 0 saturated carbocycles. The van der Waals surface area contributed by atoms with Gasteiger partial charge in [0.2, 0.25) is 11.8 Å². The van der Waals surface area contributed by atoms with Gasteiger partial charge in [-0.15, -0.1) is 0 Å². The fourth-order valence-electron chi connectivity index (χ4n) is 4.66. The number of benzene rings is 2. The zero-order chi connectivity index (χ0) is 24.0. The topological polar surface area (TPSA) is 59.1 Å². The molecule has 182 valence electrons. The molecule has 2 aliphatic heterocycles. The molecule has 4 rings (SSSR count). The van der Waals surface area contributed by atoms with Crippen molar-refractivity contribution >= 4 is 39.3 Å². The molecule has 6 nitrogen and oxygen atoms in total. The number of morpholine rings is 1. The molecule has 2 aromatic carbocycles. The van der Waals surface area contributed by atoms with Gasteiger partial charge in [0.1, 0.15) is 5.75 Å². The van der Waals surface area contributed by atoms with Crippen molar-refractivity contribution < 1.29 is 19.1 Å². The Morgan fingerprint density at radius 1 is 1.00 bits per heavy atom. The fourth-order valence-corrected chi connectivity index (χ4v) is 5.21. The van der Waals surface area contributed by atoms with E-state index in [1.807, 2.05) is 46.2 Å². The number of carbonyl (C=O) groups is 2. The molecule has 2 aliphatic rings. The Labute approximate surface area is 214 Å². The Balaban J connectivity index is 1.49. The van der Waals surface area contributed by atoms with Crippen LogP contribution in [0.2, 0.25) is 5.02 Å². The number of ether oxygens (including phenoxy) is 2. The standard InChI is InChI=1S/C26H30BrClN2O4/c27-23-5-2-1-4-20(23)16-24(31)30-11-3-10-26(18-30,17-25(32)29-12-14-33-15-13-29)19-34-22-8-6-21(28)7-9-22/h1-2,4-9H,3,10-19H2/t26-/m0/s1. The summed E-state index contributed by atoms with van der Waals surface area (Å²) in [7, 11) is 0. The number of likely N-dealkylation sites (tertiary alicyclic amines) is 1. The summed E-state index contributed by atoms with van der Waals surface area (Å²) in [6.45, 7) is 3.91. The molecule has 8 heteroatoms. The van der Waals surface area contributed by atoms with Crippen LogP contribution in [-0.2, 0) is 20.7 Å². The molecule has 2 aromatic rings. The van der Waals surface area contributed by atoms with Gasteiger partial charge in [-0.2, -0.15) is 0 Å². The van der Waals surface area contributed by atoms with Gasteiger partial charge in [-0.1, -0.05) is 45.7 Å². The molecule has 0 aliphatic carbocycles. The largest absolute Gasteiger partial charge is 0.493 e. The molecule has 2 amide bonds. The van der Waals surface area contributed by atoms with Gasteiger partial charge in [0.25, 0.3) is 0 Å². The molecule has 1 atom stereocenters. The van der Waals surface area contributed by atoms with Gasteiger partial charge in [-0.25, -0.2) is 0 Å². The number of carbonyl (C=O) groups excluding carboxylic acids is 2. The van der Waals surface area contributed by atoms with Crippen LogP contribution in [-0.4, -0.2) is 67.6 Å². The van der Waals surface area contributed by atoms with Crippen LogP contribution in [0.15, 0.2) is 53.0 Å². The van der Waals surface area contributed by atoms with Crippen molar-refractivity contribution in [3.63, 3.8) is 0 Å². The van der Waals surface area contributed by atoms with Crippen molar-refractivity contribution in [1.29, 1.82) is 0 Å². The quantitative estimate of drug-likeness (QED) is 0.507. The van der Waals surface area contributed by atoms with Crippen molar-refractivity contribution in [1.82, 2.24) is 9.80 Å². The Hall–Kier alpha value is -2.09. The number of nitrogens with zero attached hydrogens (tertiary/aromatic N) is 2. The van der Waals surface area contributed by atoms with Crippen LogP contribution in [0.4, 0.5) is 0 Å². The Kier molecular flexibility index (Phi) is 8.51. The van der Waals surface area contributed by atoms with Crippen molar-refractivity contribution in [2.75, 3.05) is 46.0 Å². The van der Waals surface area contributed by atoms with Gasteiger partial charge in [-0.3, -0.25) is 9.59 Å². The Morgan fingerprint density at radius 3 is 2.47 bits per heavy atom. The normalized spacial score (nSPS) is 20.8. The molecule has 0 unspecified atom stereocenters. The highest BCUT2D eigenvalue weighted by molar-refractivity contribution is 9.10. The highest BCUT2D eigenvalue weighted by Crippen LogP contribution is 2.36. The summed E-state index contributed by atoms with van der Waals surface area (Å²) in [4.78, 5) is 30.2. The second-order valence-electron chi connectivity index (χ2n) is 9.10. The molecular weight excluding hydrogens is 520 g/mol. The molecule has 0 radical (unpaired) electrons. The van der Waals surface area contributed by atoms with E-state index in [0.717, 1.165) is 22.9 Å². The highest BCUT2D eigenvalue weighted by atomic mass is 79.9. The molecule has 0 N–H and O–H groups in total. The Bertz CT molecular complexity index is 997. The third-order valence-corrected chi connectivity index (χ3v) is 7.59. The summed E-state index contributed by atoms with van der Waals surface area (Å²) < 4.78 is 12.5. The lowest BCUT2D eigenvalue weighted by Crippen LogP contribution is -2.52. The lowest BCUT2D eigenvalue weighted by molar-refractivity contribution is -0.143. The summed E-state index contributed by atoms with van der Waals surface area (Å²) in [6.07, 6.45) is 2.34. The average molecular weight is 550 g/mol. The van der Waals surface area contributed by atoms with Crippen molar-refractivity contribution in [3.05, 3.63) is 63.6 Å². The number of hydrogen-bond donors (Lipinski definition) is 0. The molecule has 2 heterocycles. The maximum absolute atomic E-state index is 13.2. The first-order chi connectivity index (χ1) is 16.4. The van der Waals surface area contributed by atoms with Crippen LogP contribution in [0.3, 0.4) is 0 Å². The predicted octanol–water partition coefficient (Wildman–Crippen LogP) is 4.58. The second-order valence-corrected chi connectivity index (χ2v) is 10.4. The van der Waals surface area contributed by atoms with Gasteiger partial charge in [0.15, 0.2) is 0 Å². The number of halogens is 2. The SMILES string of the molecule is O=C(C[C@@]1(COc2ccc(Cl)cc2)CCCN(C(=O)Cc2ccccc2Br)C1)N1CCOCC1. The molecule has 0 spiro atoms. The number of hydrogen-bond acceptors (Lipinski definition) is 4. The molecule has 34 heavy (non-hydrogen) atoms. The van der Waals surface area contributed by atoms with Crippen molar-refractivity contribution in [3.8, 4) is 5.75 Å². The monoisotopic (exact) mass is 548 g/mol. The second kappa shape index (κ2) is 11.6. The van der Waals surface area contributed by atoms with Crippen LogP contribution >= 0.6 is 27.5 Å². The predicted molar refractivity (Wildman–Crippen MR) is 135 cm³/mol. The van der Waals surface area contributed by atoms with Crippen LogP contribution in [0.25, 0.3) is 0 Å². The first-order valence-corrected chi connectivity index (χ1v) is 12.9. The van der Waals surface area contributed by atoms with Crippen LogP contribution < -0.4 is 4.74 Å². The number of amides is 2. The smallest absolute Gasteiger partial charge is 0.227 e. The van der Waals surface area contributed by atoms with E-state index in [9.17, 15) is 9.59 Å². The number of rotatable bonds is 7. The van der Waals surface area contributed by atoms with Gasteiger partial charge in [0.05, 0.1) is 26.2 Å². The van der Waals surface area contributed by atoms with E-state index in [4.69, 9.17) is 21.1 Å². The minimum Gasteiger partial charge on any atom is -0.493 e. The molecule has 2 saturated heterocycles. The molecule has 2 fully saturated rings. The lowest BCUT2D eigenvalue weighted by atomic mass is 9.77. The summed E-state index contributed by atoms with van der Waals surface area (Å²) >= 11 is 9.55. The molecular formula is C26H30BrClN2O4. The van der Waals surface area contributed by atoms with E-state index in [1.165, 1.54) is 0 Å². The summed E-state index contributed by atoms with van der Waals surface area (Å²) in [5.41, 5.74) is 0.516. The zero-order valence-corrected chi connectivity index (χ0v) is 21.5. The molecule has 0 aromatic heterocycles. The lowest BCUT2D eigenvalue weighted by Gasteiger charge is -2.43. The van der Waals surface area contributed by atoms with Gasteiger partial charge in [-0.05, 0) is 48.7 Å². The molecule has 0 bridgehead atoms. The van der Waals surface area contributed by atoms with Crippen LogP contribution in [0, 0.1) is 5.41 Å². The first kappa shape index (κ1) is 25.0. The van der Waals surface area contributed by atoms with E-state index in [-0.39, 0.29) is 11.8 Å². The fraction of sp³-hybridized carbons (Fsp3) is 0.462. The third-order valence-electron chi connectivity index (χ3n) is 6.56. The van der Waals surface area contributed by atoms with E-state index < -0.39 is 5.41 Å². The van der Waals surface area contributed by atoms with Gasteiger partial charge >= 0.3 is 0 Å². The maximum atomic E-state index is 13.2. The van der Waals surface area contributed by atoms with Crippen LogP contribution in [0.1, 0.15) is 24.8 Å². The highest BCUT2D eigenvalue weighted by Gasteiger charge is 2.41. The summed E-state index contributed by atoms with van der Waals surface area (Å²) in [6, 6.07) is 15.0. The van der Waals surface area contributed by atoms with E-state index >= 15 is 0 Å². The van der Waals surface area contributed by atoms with Crippen LogP contribution in [0.5, 0.6) is 5.75 Å². The maximum Gasteiger partial charge on any atom is 0.227 e. The minimum absolute atomic E-state index is 0.0706. The zero-order valence-electron chi connectivity index (χ0n) is 19.2. The third kappa shape index (κ3) is 6.52. The minimum atomic E-state index is -0.448. The average Bonchev–Trinajstić information content (AvgIpc) is 2.86. The van der Waals surface area contributed by atoms with Crippen molar-refractivity contribution in [2.45, 2.75) is 25.7 Å². The van der Waals surface area contributed by atoms with E-state index in [1.54, 1.807) is 12.1 Å². The van der Waals surface area contributed by atoms with Crippen molar-refractivity contribution in [2.24, 2.45) is 5.41 Å². The first-order valence-electron chi connectivity index (χ1n) is 11.7. The number of piperidine rings is 1. The van der Waals surface area contributed by atoms with E-state index in [2.05, 4.69) is 15.9 Å². The Morgan fingerprint density at radius 2 is 1.74 bits per heavy atom. The van der Waals surface area contributed by atoms with E-state index in [0.29, 0.717) is 69.6 Å².